The number of nitrogen functional groups attached to an aromatic ring is 1. The van der Waals surface area contributed by atoms with Crippen LogP contribution in [0.1, 0.15) is 48.1 Å². The van der Waals surface area contributed by atoms with Gasteiger partial charge in [0.15, 0.2) is 16.6 Å². The number of anilines is 2. The largest absolute Gasteiger partial charge is 0.382 e. The Bertz CT molecular complexity index is 1100. The molecule has 10 heteroatoms. The highest BCUT2D eigenvalue weighted by atomic mass is 32.1. The van der Waals surface area contributed by atoms with Gasteiger partial charge in [0.2, 0.25) is 5.91 Å². The van der Waals surface area contributed by atoms with Crippen molar-refractivity contribution in [3.8, 4) is 0 Å². The summed E-state index contributed by atoms with van der Waals surface area (Å²) in [7, 11) is 2.12. The van der Waals surface area contributed by atoms with Gasteiger partial charge in [0.25, 0.3) is 0 Å². The van der Waals surface area contributed by atoms with E-state index in [-0.39, 0.29) is 17.9 Å². The number of carbonyl (C=O) groups is 1. The molecule has 3 aromatic rings. The zero-order valence-corrected chi connectivity index (χ0v) is 18.1. The van der Waals surface area contributed by atoms with E-state index in [1.54, 1.807) is 17.7 Å². The molecule has 5 rings (SSSR count). The molecule has 30 heavy (non-hydrogen) atoms. The number of thiazole rings is 1. The summed E-state index contributed by atoms with van der Waals surface area (Å²) in [5.41, 5.74) is 8.57. The maximum Gasteiger partial charge on any atom is 0.229 e. The third kappa shape index (κ3) is 3.54. The molecule has 9 nitrogen and oxygen atoms in total. The molecule has 0 atom stereocenters. The minimum atomic E-state index is 0.0149. The number of rotatable bonds is 3. The van der Waals surface area contributed by atoms with E-state index in [9.17, 15) is 4.79 Å². The number of aromatic nitrogens is 5. The smallest absolute Gasteiger partial charge is 0.229 e. The van der Waals surface area contributed by atoms with Crippen LogP contribution in [-0.2, 0) is 17.8 Å². The minimum Gasteiger partial charge on any atom is -0.382 e. The Morgan fingerprint density at radius 1 is 1.23 bits per heavy atom. The quantitative estimate of drug-likeness (QED) is 0.661. The number of hydrogen-bond donors (Lipinski definition) is 2. The summed E-state index contributed by atoms with van der Waals surface area (Å²) in [6.07, 6.45) is 6.25. The zero-order chi connectivity index (χ0) is 20.8. The van der Waals surface area contributed by atoms with Gasteiger partial charge in [-0.25, -0.2) is 19.9 Å². The lowest BCUT2D eigenvalue weighted by Gasteiger charge is -2.28. The van der Waals surface area contributed by atoms with Gasteiger partial charge in [0, 0.05) is 36.3 Å². The Morgan fingerprint density at radius 2 is 2.03 bits per heavy atom. The summed E-state index contributed by atoms with van der Waals surface area (Å²) in [4.78, 5) is 34.2. The van der Waals surface area contributed by atoms with E-state index < -0.39 is 0 Å². The van der Waals surface area contributed by atoms with Crippen molar-refractivity contribution in [3.05, 3.63) is 22.7 Å². The summed E-state index contributed by atoms with van der Waals surface area (Å²) in [5.74, 6) is 1.17. The van der Waals surface area contributed by atoms with E-state index >= 15 is 0 Å². The Balaban J connectivity index is 1.24. The van der Waals surface area contributed by atoms with Crippen LogP contribution in [0.25, 0.3) is 11.2 Å². The topological polar surface area (TPSA) is 115 Å². The molecule has 1 aliphatic carbocycles. The van der Waals surface area contributed by atoms with Gasteiger partial charge in [-0.1, -0.05) is 0 Å². The van der Waals surface area contributed by atoms with Gasteiger partial charge in [-0.05, 0) is 39.7 Å². The van der Waals surface area contributed by atoms with Crippen LogP contribution in [0.2, 0.25) is 0 Å². The highest BCUT2D eigenvalue weighted by Crippen LogP contribution is 2.35. The summed E-state index contributed by atoms with van der Waals surface area (Å²) in [6.45, 7) is 3.77. The molecule has 3 aromatic heterocycles. The molecule has 0 bridgehead atoms. The SMILES string of the molecule is Cc1nc(N)c2ncn(C3CCC(C(=O)Nc4nc5c(s4)CN(C)CC5)CC3)c2n1. The molecule has 4 heterocycles. The molecule has 3 N–H and O–H groups in total. The highest BCUT2D eigenvalue weighted by Gasteiger charge is 2.29. The van der Waals surface area contributed by atoms with Crippen LogP contribution in [0, 0.1) is 12.8 Å². The fraction of sp³-hybridized carbons (Fsp3) is 0.550. The zero-order valence-electron chi connectivity index (χ0n) is 17.3. The molecule has 1 saturated carbocycles. The number of amides is 1. The van der Waals surface area contributed by atoms with Gasteiger partial charge in [-0.3, -0.25) is 4.79 Å². The van der Waals surface area contributed by atoms with Crippen molar-refractivity contribution < 1.29 is 4.79 Å². The second-order valence-electron chi connectivity index (χ2n) is 8.35. The van der Waals surface area contributed by atoms with Crippen LogP contribution >= 0.6 is 11.3 Å². The second-order valence-corrected chi connectivity index (χ2v) is 9.44. The van der Waals surface area contributed by atoms with Crippen molar-refractivity contribution in [3.63, 3.8) is 0 Å². The second kappa shape index (κ2) is 7.59. The first-order valence-electron chi connectivity index (χ1n) is 10.4. The summed E-state index contributed by atoms with van der Waals surface area (Å²) >= 11 is 1.61. The average Bonchev–Trinajstić information content (AvgIpc) is 3.31. The maximum absolute atomic E-state index is 12.8. The Morgan fingerprint density at radius 3 is 2.83 bits per heavy atom. The third-order valence-electron chi connectivity index (χ3n) is 6.17. The van der Waals surface area contributed by atoms with E-state index in [1.165, 1.54) is 4.88 Å². The van der Waals surface area contributed by atoms with Crippen LogP contribution in [0.15, 0.2) is 6.33 Å². The van der Waals surface area contributed by atoms with Crippen molar-refractivity contribution in [1.82, 2.24) is 29.4 Å². The first-order chi connectivity index (χ1) is 14.5. The Hall–Kier alpha value is -2.59. The lowest BCUT2D eigenvalue weighted by molar-refractivity contribution is -0.120. The van der Waals surface area contributed by atoms with Crippen molar-refractivity contribution in [2.45, 2.75) is 51.6 Å². The highest BCUT2D eigenvalue weighted by molar-refractivity contribution is 7.15. The molecular weight excluding hydrogens is 400 g/mol. The fourth-order valence-electron chi connectivity index (χ4n) is 4.52. The van der Waals surface area contributed by atoms with E-state index in [2.05, 4.69) is 41.8 Å². The van der Waals surface area contributed by atoms with Crippen LogP contribution in [-0.4, -0.2) is 48.9 Å². The third-order valence-corrected chi connectivity index (χ3v) is 7.17. The van der Waals surface area contributed by atoms with E-state index in [4.69, 9.17) is 5.73 Å². The number of nitrogens with zero attached hydrogens (tertiary/aromatic N) is 6. The van der Waals surface area contributed by atoms with Crippen molar-refractivity contribution in [2.75, 3.05) is 24.6 Å². The molecule has 1 fully saturated rings. The standard InChI is InChI=1S/C20H26N8OS/c1-11-23-17(21)16-18(24-11)28(10-22-16)13-5-3-12(4-6-13)19(29)26-20-25-14-7-8-27(2)9-15(14)30-20/h10,12-13H,3-9H2,1-2H3,(H2,21,23,24)(H,25,26,29). The van der Waals surface area contributed by atoms with Crippen LogP contribution in [0.3, 0.4) is 0 Å². The van der Waals surface area contributed by atoms with Crippen molar-refractivity contribution >= 4 is 39.4 Å². The van der Waals surface area contributed by atoms with Crippen molar-refractivity contribution in [2.24, 2.45) is 5.92 Å². The first-order valence-corrected chi connectivity index (χ1v) is 11.2. The molecule has 158 valence electrons. The molecule has 0 aromatic carbocycles. The van der Waals surface area contributed by atoms with E-state index in [0.29, 0.717) is 17.2 Å². The molecule has 0 saturated heterocycles. The maximum atomic E-state index is 12.8. The molecular formula is C20H26N8OS. The summed E-state index contributed by atoms with van der Waals surface area (Å²) in [5, 5.41) is 3.81. The predicted molar refractivity (Wildman–Crippen MR) is 116 cm³/mol. The first kappa shape index (κ1) is 19.4. The average molecular weight is 427 g/mol. The van der Waals surface area contributed by atoms with Crippen molar-refractivity contribution in [1.29, 1.82) is 0 Å². The van der Waals surface area contributed by atoms with Gasteiger partial charge in [0.1, 0.15) is 11.3 Å². The number of hydrogen-bond acceptors (Lipinski definition) is 8. The van der Waals surface area contributed by atoms with Crippen LogP contribution < -0.4 is 11.1 Å². The molecule has 2 aliphatic rings. The van der Waals surface area contributed by atoms with Crippen LogP contribution in [0.5, 0.6) is 0 Å². The van der Waals surface area contributed by atoms with E-state index in [1.807, 2.05) is 6.92 Å². The normalized spacial score (nSPS) is 22.2. The van der Waals surface area contributed by atoms with Gasteiger partial charge >= 0.3 is 0 Å². The predicted octanol–water partition coefficient (Wildman–Crippen LogP) is 2.53. The lowest BCUT2D eigenvalue weighted by Crippen LogP contribution is -2.28. The Labute approximate surface area is 178 Å². The lowest BCUT2D eigenvalue weighted by atomic mass is 9.85. The molecule has 0 radical (unpaired) electrons. The van der Waals surface area contributed by atoms with Gasteiger partial charge < -0.3 is 20.5 Å². The summed E-state index contributed by atoms with van der Waals surface area (Å²) < 4.78 is 2.10. The molecule has 1 amide bonds. The van der Waals surface area contributed by atoms with Crippen LogP contribution in [0.4, 0.5) is 10.9 Å². The number of aryl methyl sites for hydroxylation is 1. The summed E-state index contributed by atoms with van der Waals surface area (Å²) in [6, 6.07) is 0.274. The number of likely N-dealkylation sites (N-methyl/N-ethyl adjacent to an activating group) is 1. The molecule has 1 aliphatic heterocycles. The number of imidazole rings is 1. The fourth-order valence-corrected chi connectivity index (χ4v) is 5.61. The number of nitrogens with one attached hydrogen (secondary N) is 1. The van der Waals surface area contributed by atoms with Gasteiger partial charge in [-0.2, -0.15) is 0 Å². The number of carbonyl (C=O) groups excluding carboxylic acids is 1. The number of fused-ring (bicyclic) bond motifs is 2. The monoisotopic (exact) mass is 426 g/mol. The molecule has 0 spiro atoms. The van der Waals surface area contributed by atoms with Gasteiger partial charge in [-0.15, -0.1) is 11.3 Å². The van der Waals surface area contributed by atoms with E-state index in [0.717, 1.165) is 61.7 Å². The van der Waals surface area contributed by atoms with Gasteiger partial charge in [0.05, 0.1) is 12.0 Å². The molecule has 0 unspecified atom stereocenters. The minimum absolute atomic E-state index is 0.0149. The number of nitrogens with two attached hydrogens (primary N) is 1. The Kier molecular flexibility index (Phi) is 4.90.